The number of carbonyl (C=O) groups excluding carboxylic acids is 1. The zero-order valence-corrected chi connectivity index (χ0v) is 15.8. The van der Waals surface area contributed by atoms with Gasteiger partial charge < -0.3 is 15.2 Å². The predicted octanol–water partition coefficient (Wildman–Crippen LogP) is 3.50. The summed E-state index contributed by atoms with van der Waals surface area (Å²) >= 11 is 1.34. The highest BCUT2D eigenvalue weighted by molar-refractivity contribution is 7.13. The van der Waals surface area contributed by atoms with E-state index in [1.165, 1.54) is 23.5 Å². The van der Waals surface area contributed by atoms with Crippen LogP contribution >= 0.6 is 11.3 Å². The molecule has 9 heteroatoms. The molecule has 0 fully saturated rings. The van der Waals surface area contributed by atoms with Crippen molar-refractivity contribution in [2.24, 2.45) is 0 Å². The molecular weight excluding hydrogens is 369 g/mol. The highest BCUT2D eigenvalue weighted by Crippen LogP contribution is 2.16. The van der Waals surface area contributed by atoms with Crippen LogP contribution in [0.4, 0.5) is 14.3 Å². The molecule has 3 aromatic rings. The number of amides is 2. The van der Waals surface area contributed by atoms with Gasteiger partial charge in [0.2, 0.25) is 0 Å². The number of aromatic nitrogens is 2. The zero-order chi connectivity index (χ0) is 19.2. The van der Waals surface area contributed by atoms with E-state index in [1.54, 1.807) is 12.1 Å². The lowest BCUT2D eigenvalue weighted by Crippen LogP contribution is -2.28. The number of nitrogens with one attached hydrogen (secondary N) is 3. The van der Waals surface area contributed by atoms with Crippen molar-refractivity contribution in [1.29, 1.82) is 0 Å². The molecule has 0 saturated carbocycles. The van der Waals surface area contributed by atoms with Crippen molar-refractivity contribution in [3.8, 4) is 0 Å². The third kappa shape index (κ3) is 5.35. The summed E-state index contributed by atoms with van der Waals surface area (Å²) in [6, 6.07) is 5.71. The molecule has 3 rings (SSSR count). The molecule has 0 radical (unpaired) electrons. The Morgan fingerprint density at radius 2 is 2.11 bits per heavy atom. The summed E-state index contributed by atoms with van der Waals surface area (Å²) in [6.07, 6.45) is 0. The van der Waals surface area contributed by atoms with E-state index < -0.39 is 0 Å². The number of rotatable bonds is 7. The number of urea groups is 1. The summed E-state index contributed by atoms with van der Waals surface area (Å²) in [4.78, 5) is 16.3. The summed E-state index contributed by atoms with van der Waals surface area (Å²) in [5.74, 6) is 0.471. The first kappa shape index (κ1) is 19.0. The lowest BCUT2D eigenvalue weighted by Gasteiger charge is -2.05. The van der Waals surface area contributed by atoms with E-state index in [2.05, 4.69) is 26.1 Å². The quantitative estimate of drug-likeness (QED) is 0.575. The number of hydrogen-bond donors (Lipinski definition) is 3. The van der Waals surface area contributed by atoms with E-state index in [-0.39, 0.29) is 18.4 Å². The fourth-order valence-corrected chi connectivity index (χ4v) is 3.19. The van der Waals surface area contributed by atoms with Crippen LogP contribution in [0.2, 0.25) is 0 Å². The molecule has 1 aromatic carbocycles. The monoisotopic (exact) mass is 389 g/mol. The largest absolute Gasteiger partial charge is 0.361 e. The smallest absolute Gasteiger partial charge is 0.321 e. The van der Waals surface area contributed by atoms with Crippen molar-refractivity contribution in [2.75, 3.05) is 5.32 Å². The third-order valence-electron chi connectivity index (χ3n) is 3.90. The number of thiazole rings is 1. The van der Waals surface area contributed by atoms with Crippen LogP contribution < -0.4 is 16.0 Å². The van der Waals surface area contributed by atoms with Gasteiger partial charge in [-0.15, -0.1) is 11.3 Å². The van der Waals surface area contributed by atoms with Gasteiger partial charge in [-0.3, -0.25) is 5.32 Å². The normalized spacial score (nSPS) is 10.8. The van der Waals surface area contributed by atoms with Crippen molar-refractivity contribution in [3.05, 3.63) is 63.7 Å². The highest BCUT2D eigenvalue weighted by atomic mass is 32.1. The van der Waals surface area contributed by atoms with Gasteiger partial charge >= 0.3 is 6.03 Å². The molecule has 142 valence electrons. The maximum Gasteiger partial charge on any atom is 0.321 e. The summed E-state index contributed by atoms with van der Waals surface area (Å²) in [5, 5.41) is 14.9. The van der Waals surface area contributed by atoms with Crippen LogP contribution in [0, 0.1) is 19.7 Å². The summed E-state index contributed by atoms with van der Waals surface area (Å²) < 4.78 is 18.3. The number of anilines is 1. The molecule has 2 aromatic heterocycles. The number of aryl methyl sites for hydroxylation is 2. The molecule has 0 spiro atoms. The molecule has 0 bridgehead atoms. The summed E-state index contributed by atoms with van der Waals surface area (Å²) in [5.41, 5.74) is 3.43. The van der Waals surface area contributed by atoms with Gasteiger partial charge in [0.05, 0.1) is 11.4 Å². The van der Waals surface area contributed by atoms with Crippen molar-refractivity contribution >= 4 is 22.5 Å². The Hall–Kier alpha value is -2.78. The van der Waals surface area contributed by atoms with Crippen LogP contribution in [0.3, 0.4) is 0 Å². The molecule has 2 heterocycles. The fraction of sp³-hybridized carbons (Fsp3) is 0.278. The molecule has 0 unspecified atom stereocenters. The van der Waals surface area contributed by atoms with Crippen molar-refractivity contribution in [3.63, 3.8) is 0 Å². The Labute approximate surface area is 160 Å². The van der Waals surface area contributed by atoms with Gasteiger partial charge in [0.25, 0.3) is 0 Å². The third-order valence-corrected chi connectivity index (χ3v) is 4.71. The number of hydrogen-bond acceptors (Lipinski definition) is 6. The molecule has 2 amide bonds. The molecule has 0 aliphatic carbocycles. The lowest BCUT2D eigenvalue weighted by molar-refractivity contribution is 0.251. The minimum atomic E-state index is -0.385. The van der Waals surface area contributed by atoms with Crippen LogP contribution in [0.25, 0.3) is 0 Å². The molecule has 0 aliphatic rings. The van der Waals surface area contributed by atoms with Crippen molar-refractivity contribution in [1.82, 2.24) is 20.8 Å². The number of nitrogens with zero attached hydrogens (tertiary/aromatic N) is 2. The van der Waals surface area contributed by atoms with Gasteiger partial charge in [-0.05, 0) is 31.5 Å². The second kappa shape index (κ2) is 8.74. The van der Waals surface area contributed by atoms with Crippen molar-refractivity contribution in [2.45, 2.75) is 33.5 Å². The average molecular weight is 389 g/mol. The zero-order valence-electron chi connectivity index (χ0n) is 15.0. The summed E-state index contributed by atoms with van der Waals surface area (Å²) in [7, 11) is 0. The van der Waals surface area contributed by atoms with E-state index >= 15 is 0 Å². The minimum absolute atomic E-state index is 0.237. The maximum absolute atomic E-state index is 13.1. The second-order valence-corrected chi connectivity index (χ2v) is 6.85. The minimum Gasteiger partial charge on any atom is -0.361 e. The Bertz CT molecular complexity index is 905. The molecule has 0 aliphatic heterocycles. The standard InChI is InChI=1S/C18H20FN5O2S/c1-11-16(12(2)26-24-11)9-20-8-15-10-27-18(22-15)23-17(25)21-7-13-4-3-5-14(19)6-13/h3-6,10,20H,7-9H2,1-2H3,(H2,21,22,23,25). The molecule has 0 atom stereocenters. The summed E-state index contributed by atoms with van der Waals surface area (Å²) in [6.45, 7) is 5.22. The fourth-order valence-electron chi connectivity index (χ4n) is 2.49. The van der Waals surface area contributed by atoms with Gasteiger partial charge in [-0.1, -0.05) is 17.3 Å². The van der Waals surface area contributed by atoms with Gasteiger partial charge in [0.1, 0.15) is 11.6 Å². The first-order valence-corrected chi connectivity index (χ1v) is 9.25. The SMILES string of the molecule is Cc1noc(C)c1CNCc1csc(NC(=O)NCc2cccc(F)c2)n1. The highest BCUT2D eigenvalue weighted by Gasteiger charge is 2.10. The molecule has 0 saturated heterocycles. The van der Waals surface area contributed by atoms with Crippen LogP contribution in [-0.4, -0.2) is 16.2 Å². The Kier molecular flexibility index (Phi) is 6.15. The predicted molar refractivity (Wildman–Crippen MR) is 101 cm³/mol. The first-order valence-electron chi connectivity index (χ1n) is 8.37. The van der Waals surface area contributed by atoms with Crippen LogP contribution in [0.5, 0.6) is 0 Å². The van der Waals surface area contributed by atoms with E-state index in [4.69, 9.17) is 4.52 Å². The van der Waals surface area contributed by atoms with Crippen LogP contribution in [0.1, 0.15) is 28.3 Å². The van der Waals surface area contributed by atoms with E-state index in [1.807, 2.05) is 19.2 Å². The molecule has 27 heavy (non-hydrogen) atoms. The Morgan fingerprint density at radius 1 is 1.26 bits per heavy atom. The molecular formula is C18H20FN5O2S. The van der Waals surface area contributed by atoms with Crippen LogP contribution in [-0.2, 0) is 19.6 Å². The average Bonchev–Trinajstić information content (AvgIpc) is 3.21. The maximum atomic E-state index is 13.1. The molecule has 3 N–H and O–H groups in total. The first-order chi connectivity index (χ1) is 13.0. The molecule has 7 nitrogen and oxygen atoms in total. The van der Waals surface area contributed by atoms with Gasteiger partial charge in [-0.2, -0.15) is 0 Å². The van der Waals surface area contributed by atoms with Gasteiger partial charge in [-0.25, -0.2) is 14.2 Å². The lowest BCUT2D eigenvalue weighted by atomic mass is 10.2. The topological polar surface area (TPSA) is 92.1 Å². The Balaban J connectivity index is 1.44. The van der Waals surface area contributed by atoms with Gasteiger partial charge in [0.15, 0.2) is 5.13 Å². The van der Waals surface area contributed by atoms with E-state index in [9.17, 15) is 9.18 Å². The van der Waals surface area contributed by atoms with E-state index in [0.29, 0.717) is 23.8 Å². The van der Waals surface area contributed by atoms with Crippen molar-refractivity contribution < 1.29 is 13.7 Å². The Morgan fingerprint density at radius 3 is 2.85 bits per heavy atom. The van der Waals surface area contributed by atoms with Gasteiger partial charge in [0, 0.05) is 30.6 Å². The number of benzene rings is 1. The number of halogens is 1. The number of carbonyl (C=O) groups is 1. The van der Waals surface area contributed by atoms with Crippen LogP contribution in [0.15, 0.2) is 34.2 Å². The second-order valence-electron chi connectivity index (χ2n) is 5.99. The van der Waals surface area contributed by atoms with E-state index in [0.717, 1.165) is 22.7 Å².